The van der Waals surface area contributed by atoms with Crippen LogP contribution in [0.25, 0.3) is 0 Å². The lowest BCUT2D eigenvalue weighted by Gasteiger charge is -2.39. The van der Waals surface area contributed by atoms with Gasteiger partial charge in [-0.15, -0.1) is 0 Å². The third-order valence-electron chi connectivity index (χ3n) is 3.42. The van der Waals surface area contributed by atoms with Gasteiger partial charge in [-0.25, -0.2) is 4.79 Å². The van der Waals surface area contributed by atoms with E-state index in [1.807, 2.05) is 13.8 Å². The molecule has 0 aliphatic heterocycles. The summed E-state index contributed by atoms with van der Waals surface area (Å²) in [4.78, 5) is 11.7. The molecular formula is C12H24N4O. The van der Waals surface area contributed by atoms with E-state index >= 15 is 0 Å². The Morgan fingerprint density at radius 2 is 1.94 bits per heavy atom. The Bertz CT molecular complexity index is 293. The van der Waals surface area contributed by atoms with Crippen LogP contribution >= 0.6 is 0 Å². The fourth-order valence-corrected chi connectivity index (χ4v) is 2.23. The van der Waals surface area contributed by atoms with Crippen molar-refractivity contribution in [3.63, 3.8) is 0 Å². The number of carbonyl (C=O) groups excluding carboxylic acids is 1. The molecule has 0 saturated heterocycles. The molecule has 1 saturated carbocycles. The van der Waals surface area contributed by atoms with Crippen LogP contribution in [0.3, 0.4) is 0 Å². The summed E-state index contributed by atoms with van der Waals surface area (Å²) in [6.45, 7) is 6.00. The molecule has 17 heavy (non-hydrogen) atoms. The number of rotatable bonds is 3. The predicted molar refractivity (Wildman–Crippen MR) is 69.1 cm³/mol. The largest absolute Gasteiger partial charge is 0.386 e. The summed E-state index contributed by atoms with van der Waals surface area (Å²) < 4.78 is 0. The minimum Gasteiger partial charge on any atom is -0.386 e. The van der Waals surface area contributed by atoms with Gasteiger partial charge in [0.1, 0.15) is 5.84 Å². The van der Waals surface area contributed by atoms with Crippen molar-refractivity contribution in [3.05, 3.63) is 0 Å². The lowest BCUT2D eigenvalue weighted by atomic mass is 9.76. The Kier molecular flexibility index (Phi) is 4.37. The number of amidine groups is 1. The van der Waals surface area contributed by atoms with Gasteiger partial charge < -0.3 is 16.4 Å². The van der Waals surface area contributed by atoms with Gasteiger partial charge in [-0.1, -0.05) is 6.92 Å². The van der Waals surface area contributed by atoms with Crippen molar-refractivity contribution < 1.29 is 4.79 Å². The van der Waals surface area contributed by atoms with Crippen LogP contribution in [-0.4, -0.2) is 23.4 Å². The van der Waals surface area contributed by atoms with E-state index in [0.717, 1.165) is 25.7 Å². The highest BCUT2D eigenvalue weighted by atomic mass is 16.2. The summed E-state index contributed by atoms with van der Waals surface area (Å²) in [5.41, 5.74) is 5.03. The third-order valence-corrected chi connectivity index (χ3v) is 3.42. The van der Waals surface area contributed by atoms with Crippen molar-refractivity contribution in [2.45, 2.75) is 58.0 Å². The minimum atomic E-state index is -0.633. The fourth-order valence-electron chi connectivity index (χ4n) is 2.23. The number of nitrogens with one attached hydrogen (secondary N) is 3. The minimum absolute atomic E-state index is 0.0725. The van der Waals surface area contributed by atoms with Gasteiger partial charge >= 0.3 is 6.03 Å². The van der Waals surface area contributed by atoms with Crippen molar-refractivity contribution >= 4 is 11.9 Å². The molecule has 1 fully saturated rings. The molecule has 0 bridgehead atoms. The van der Waals surface area contributed by atoms with E-state index in [-0.39, 0.29) is 17.9 Å². The van der Waals surface area contributed by atoms with Crippen LogP contribution in [0.2, 0.25) is 0 Å². The number of nitrogens with two attached hydrogens (primary N) is 1. The normalized spacial score (nSPS) is 28.8. The Balaban J connectivity index is 2.66. The van der Waals surface area contributed by atoms with Crippen molar-refractivity contribution in [1.29, 1.82) is 5.41 Å². The van der Waals surface area contributed by atoms with Gasteiger partial charge in [0.05, 0.1) is 5.54 Å². The quantitative estimate of drug-likeness (QED) is 0.445. The second kappa shape index (κ2) is 5.38. The second-order valence-corrected chi connectivity index (χ2v) is 5.43. The summed E-state index contributed by atoms with van der Waals surface area (Å²) in [5.74, 6) is 0.723. The zero-order valence-corrected chi connectivity index (χ0v) is 11.0. The SMILES string of the molecule is CC1CCC(NC(=O)NC(C)C)(C(=N)N)CC1. The van der Waals surface area contributed by atoms with Crippen LogP contribution in [0.5, 0.6) is 0 Å². The molecule has 1 aliphatic carbocycles. The van der Waals surface area contributed by atoms with Crippen LogP contribution in [0.15, 0.2) is 0 Å². The van der Waals surface area contributed by atoms with Gasteiger partial charge in [0, 0.05) is 6.04 Å². The standard InChI is InChI=1S/C12H24N4O/c1-8(2)15-11(17)16-12(10(13)14)6-4-9(3)5-7-12/h8-9H,4-7H2,1-3H3,(H3,13,14)(H2,15,16,17). The van der Waals surface area contributed by atoms with Crippen LogP contribution in [0.4, 0.5) is 4.79 Å². The van der Waals surface area contributed by atoms with Crippen LogP contribution in [0.1, 0.15) is 46.5 Å². The molecule has 0 spiro atoms. The number of urea groups is 1. The Labute approximate surface area is 103 Å². The maximum atomic E-state index is 11.7. The van der Waals surface area contributed by atoms with E-state index in [4.69, 9.17) is 11.1 Å². The molecule has 0 aromatic carbocycles. The molecule has 98 valence electrons. The average molecular weight is 240 g/mol. The van der Waals surface area contributed by atoms with Crippen molar-refractivity contribution in [1.82, 2.24) is 10.6 Å². The van der Waals surface area contributed by atoms with E-state index in [1.165, 1.54) is 0 Å². The maximum Gasteiger partial charge on any atom is 0.315 e. The predicted octanol–water partition coefficient (Wildman–Crippen LogP) is 1.58. The molecule has 5 N–H and O–H groups in total. The molecule has 0 atom stereocenters. The van der Waals surface area contributed by atoms with Crippen molar-refractivity contribution in [2.24, 2.45) is 11.7 Å². The fraction of sp³-hybridized carbons (Fsp3) is 0.833. The molecule has 1 rings (SSSR count). The zero-order chi connectivity index (χ0) is 13.1. The Morgan fingerprint density at radius 3 is 2.35 bits per heavy atom. The molecule has 2 amide bonds. The van der Waals surface area contributed by atoms with E-state index in [1.54, 1.807) is 0 Å². The molecular weight excluding hydrogens is 216 g/mol. The van der Waals surface area contributed by atoms with E-state index in [9.17, 15) is 4.79 Å². The van der Waals surface area contributed by atoms with Gasteiger partial charge in [-0.2, -0.15) is 0 Å². The molecule has 1 aliphatic rings. The van der Waals surface area contributed by atoms with Gasteiger partial charge in [-0.3, -0.25) is 5.41 Å². The average Bonchev–Trinajstić information content (AvgIpc) is 2.20. The highest BCUT2D eigenvalue weighted by Gasteiger charge is 2.38. The summed E-state index contributed by atoms with van der Waals surface area (Å²) >= 11 is 0. The summed E-state index contributed by atoms with van der Waals surface area (Å²) in [7, 11) is 0. The molecule has 0 aromatic heterocycles. The van der Waals surface area contributed by atoms with Crippen LogP contribution in [0, 0.1) is 11.3 Å². The first-order valence-electron chi connectivity index (χ1n) is 6.29. The topological polar surface area (TPSA) is 91.0 Å². The molecule has 5 nitrogen and oxygen atoms in total. The molecule has 0 radical (unpaired) electrons. The van der Waals surface area contributed by atoms with E-state index < -0.39 is 5.54 Å². The number of hydrogen-bond acceptors (Lipinski definition) is 2. The van der Waals surface area contributed by atoms with Crippen molar-refractivity contribution in [2.75, 3.05) is 0 Å². The first-order valence-corrected chi connectivity index (χ1v) is 6.29. The van der Waals surface area contributed by atoms with Crippen LogP contribution in [-0.2, 0) is 0 Å². The Hall–Kier alpha value is -1.26. The van der Waals surface area contributed by atoms with Gasteiger partial charge in [0.25, 0.3) is 0 Å². The number of amides is 2. The lowest BCUT2D eigenvalue weighted by Crippen LogP contribution is -2.61. The summed E-state index contributed by atoms with van der Waals surface area (Å²) in [6, 6.07) is -0.147. The molecule has 5 heteroatoms. The summed E-state index contributed by atoms with van der Waals surface area (Å²) in [6.07, 6.45) is 3.52. The second-order valence-electron chi connectivity index (χ2n) is 5.43. The van der Waals surface area contributed by atoms with E-state index in [2.05, 4.69) is 17.6 Å². The zero-order valence-electron chi connectivity index (χ0n) is 11.0. The van der Waals surface area contributed by atoms with E-state index in [0.29, 0.717) is 5.92 Å². The van der Waals surface area contributed by atoms with Gasteiger partial charge in [0.15, 0.2) is 0 Å². The highest BCUT2D eigenvalue weighted by Crippen LogP contribution is 2.31. The molecule has 0 aromatic rings. The Morgan fingerprint density at radius 1 is 1.41 bits per heavy atom. The smallest absolute Gasteiger partial charge is 0.315 e. The number of carbonyl (C=O) groups is 1. The number of hydrogen-bond donors (Lipinski definition) is 4. The highest BCUT2D eigenvalue weighted by molar-refractivity contribution is 5.91. The first-order chi connectivity index (χ1) is 7.85. The summed E-state index contributed by atoms with van der Waals surface area (Å²) in [5, 5.41) is 13.4. The van der Waals surface area contributed by atoms with Gasteiger partial charge in [-0.05, 0) is 45.4 Å². The third kappa shape index (κ3) is 3.61. The molecule has 0 unspecified atom stereocenters. The maximum absolute atomic E-state index is 11.7. The monoisotopic (exact) mass is 240 g/mol. The van der Waals surface area contributed by atoms with Crippen molar-refractivity contribution in [3.8, 4) is 0 Å². The van der Waals surface area contributed by atoms with Gasteiger partial charge in [0.2, 0.25) is 0 Å². The molecule has 0 heterocycles. The first kappa shape index (κ1) is 13.8. The lowest BCUT2D eigenvalue weighted by molar-refractivity contribution is 0.213. The van der Waals surface area contributed by atoms with Crippen LogP contribution < -0.4 is 16.4 Å².